The van der Waals surface area contributed by atoms with Gasteiger partial charge in [0.1, 0.15) is 0 Å². The molecule has 0 aromatic heterocycles. The monoisotopic (exact) mass is 392 g/mol. The average molecular weight is 393 g/mol. The van der Waals surface area contributed by atoms with Gasteiger partial charge in [0.05, 0.1) is 11.9 Å². The normalized spacial score (nSPS) is 24.1. The molecule has 1 N–H and O–H groups in total. The van der Waals surface area contributed by atoms with Crippen molar-refractivity contribution >= 4 is 21.6 Å². The maximum absolute atomic E-state index is 13.0. The number of rotatable bonds is 3. The van der Waals surface area contributed by atoms with E-state index >= 15 is 0 Å². The lowest BCUT2D eigenvalue weighted by molar-refractivity contribution is 0.0773. The number of benzene rings is 1. The first-order valence-electron chi connectivity index (χ1n) is 9.78. The van der Waals surface area contributed by atoms with Crippen molar-refractivity contribution in [2.24, 2.45) is 0 Å². The van der Waals surface area contributed by atoms with Crippen LogP contribution < -0.4 is 9.62 Å². The summed E-state index contributed by atoms with van der Waals surface area (Å²) >= 11 is 0. The fraction of sp³-hybridized carbons (Fsp3) is 0.632. The maximum atomic E-state index is 13.0. The Bertz CT molecular complexity index is 820. The molecule has 0 saturated carbocycles. The predicted octanol–water partition coefficient (Wildman–Crippen LogP) is 0.519. The molecule has 0 aliphatic carbocycles. The Morgan fingerprint density at radius 1 is 1.15 bits per heavy atom. The van der Waals surface area contributed by atoms with Gasteiger partial charge in [-0.15, -0.1) is 0 Å². The summed E-state index contributed by atoms with van der Waals surface area (Å²) in [6.45, 7) is 6.22. The average Bonchev–Trinajstić information content (AvgIpc) is 3.16. The summed E-state index contributed by atoms with van der Waals surface area (Å²) in [6, 6.07) is 5.93. The predicted molar refractivity (Wildman–Crippen MR) is 106 cm³/mol. The summed E-state index contributed by atoms with van der Waals surface area (Å²) in [5, 5.41) is 3.37. The van der Waals surface area contributed by atoms with Crippen LogP contribution >= 0.6 is 0 Å². The number of fused-ring (bicyclic) bond motifs is 1. The van der Waals surface area contributed by atoms with Gasteiger partial charge in [-0.1, -0.05) is 0 Å². The van der Waals surface area contributed by atoms with Crippen LogP contribution in [0, 0.1) is 0 Å². The highest BCUT2D eigenvalue weighted by molar-refractivity contribution is 7.92. The molecular weight excluding hydrogens is 364 g/mol. The first-order valence-corrected chi connectivity index (χ1v) is 11.6. The Labute approximate surface area is 161 Å². The Balaban J connectivity index is 1.48. The fourth-order valence-electron chi connectivity index (χ4n) is 4.49. The first-order chi connectivity index (χ1) is 12.9. The SMILES string of the molecule is CS(=O)(=O)N1CCCc2cc(C(=O)N3CCC(N4CCNCC4)C3)ccc21. The zero-order valence-electron chi connectivity index (χ0n) is 15.9. The van der Waals surface area contributed by atoms with Gasteiger partial charge in [0.2, 0.25) is 10.0 Å². The standard InChI is InChI=1S/C19H28N4O3S/c1-27(25,26)23-9-2-3-15-13-16(4-5-18(15)23)19(24)22-10-6-17(14-22)21-11-7-20-8-12-21/h4-5,13,17,20H,2-3,6-12,14H2,1H3. The van der Waals surface area contributed by atoms with Crippen molar-refractivity contribution in [3.8, 4) is 0 Å². The molecule has 2 saturated heterocycles. The Hall–Kier alpha value is -1.64. The Kier molecular flexibility index (Phi) is 5.13. The molecule has 4 rings (SSSR count). The van der Waals surface area contributed by atoms with E-state index in [1.165, 1.54) is 10.6 Å². The van der Waals surface area contributed by atoms with E-state index in [0.29, 0.717) is 18.2 Å². The van der Waals surface area contributed by atoms with E-state index in [0.717, 1.165) is 69.8 Å². The number of amides is 1. The van der Waals surface area contributed by atoms with Gasteiger partial charge in [-0.3, -0.25) is 14.0 Å². The minimum atomic E-state index is -3.28. The third kappa shape index (κ3) is 3.83. The molecule has 1 amide bonds. The lowest BCUT2D eigenvalue weighted by Crippen LogP contribution is -2.49. The number of nitrogens with zero attached hydrogens (tertiary/aromatic N) is 3. The number of hydrogen-bond donors (Lipinski definition) is 1. The zero-order valence-corrected chi connectivity index (χ0v) is 16.7. The van der Waals surface area contributed by atoms with Gasteiger partial charge in [0.15, 0.2) is 0 Å². The minimum absolute atomic E-state index is 0.0620. The highest BCUT2D eigenvalue weighted by atomic mass is 32.2. The van der Waals surface area contributed by atoms with Crippen molar-refractivity contribution < 1.29 is 13.2 Å². The van der Waals surface area contributed by atoms with Gasteiger partial charge in [-0.05, 0) is 43.0 Å². The number of carbonyl (C=O) groups excluding carboxylic acids is 1. The molecule has 1 atom stereocenters. The summed E-state index contributed by atoms with van der Waals surface area (Å²) in [5.74, 6) is 0.0620. The van der Waals surface area contributed by atoms with Crippen LogP contribution in [-0.4, -0.2) is 82.2 Å². The second-order valence-corrected chi connectivity index (χ2v) is 9.67. The number of hydrogen-bond acceptors (Lipinski definition) is 5. The van der Waals surface area contributed by atoms with Crippen LogP contribution in [-0.2, 0) is 16.4 Å². The van der Waals surface area contributed by atoms with Crippen molar-refractivity contribution in [3.63, 3.8) is 0 Å². The molecule has 0 bridgehead atoms. The molecule has 1 aromatic rings. The smallest absolute Gasteiger partial charge is 0.253 e. The van der Waals surface area contributed by atoms with Gasteiger partial charge in [0, 0.05) is 57.4 Å². The second kappa shape index (κ2) is 7.41. The molecule has 3 aliphatic rings. The molecule has 0 spiro atoms. The van der Waals surface area contributed by atoms with E-state index in [9.17, 15) is 13.2 Å². The number of sulfonamides is 1. The van der Waals surface area contributed by atoms with Crippen molar-refractivity contribution in [3.05, 3.63) is 29.3 Å². The highest BCUT2D eigenvalue weighted by Crippen LogP contribution is 2.30. The number of carbonyl (C=O) groups is 1. The molecule has 1 unspecified atom stereocenters. The van der Waals surface area contributed by atoms with Crippen molar-refractivity contribution in [2.45, 2.75) is 25.3 Å². The fourth-order valence-corrected chi connectivity index (χ4v) is 5.49. The summed E-state index contributed by atoms with van der Waals surface area (Å²) in [7, 11) is -3.28. The van der Waals surface area contributed by atoms with Crippen molar-refractivity contribution in [1.82, 2.24) is 15.1 Å². The van der Waals surface area contributed by atoms with Crippen LogP contribution in [0.15, 0.2) is 18.2 Å². The number of likely N-dealkylation sites (tertiary alicyclic amines) is 1. The van der Waals surface area contributed by atoms with E-state index in [-0.39, 0.29) is 5.91 Å². The van der Waals surface area contributed by atoms with Crippen LogP contribution in [0.2, 0.25) is 0 Å². The third-order valence-corrected chi connectivity index (χ3v) is 7.10. The largest absolute Gasteiger partial charge is 0.337 e. The van der Waals surface area contributed by atoms with Crippen LogP contribution in [0.3, 0.4) is 0 Å². The van der Waals surface area contributed by atoms with E-state index < -0.39 is 10.0 Å². The van der Waals surface area contributed by atoms with E-state index in [1.807, 2.05) is 11.0 Å². The molecule has 8 heteroatoms. The lowest BCUT2D eigenvalue weighted by Gasteiger charge is -2.32. The third-order valence-electron chi connectivity index (χ3n) is 5.92. The van der Waals surface area contributed by atoms with Gasteiger partial charge in [-0.2, -0.15) is 0 Å². The summed E-state index contributed by atoms with van der Waals surface area (Å²) in [5.41, 5.74) is 2.35. The molecule has 3 aliphatic heterocycles. The molecule has 27 heavy (non-hydrogen) atoms. The quantitative estimate of drug-likeness (QED) is 0.812. The first kappa shape index (κ1) is 18.7. The van der Waals surface area contributed by atoms with E-state index in [1.54, 1.807) is 12.1 Å². The molecule has 0 radical (unpaired) electrons. The zero-order chi connectivity index (χ0) is 19.0. The summed E-state index contributed by atoms with van der Waals surface area (Å²) in [6.07, 6.45) is 3.86. The molecule has 148 valence electrons. The van der Waals surface area contributed by atoms with Crippen LogP contribution in [0.1, 0.15) is 28.8 Å². The second-order valence-electron chi connectivity index (χ2n) is 7.76. The van der Waals surface area contributed by atoms with E-state index in [4.69, 9.17) is 0 Å². The van der Waals surface area contributed by atoms with Crippen molar-refractivity contribution in [2.75, 3.05) is 56.4 Å². The Morgan fingerprint density at radius 3 is 2.67 bits per heavy atom. The van der Waals surface area contributed by atoms with Gasteiger partial charge >= 0.3 is 0 Å². The molecule has 2 fully saturated rings. The van der Waals surface area contributed by atoms with Crippen LogP contribution in [0.4, 0.5) is 5.69 Å². The number of aryl methyl sites for hydroxylation is 1. The molecule has 1 aromatic carbocycles. The molecule has 7 nitrogen and oxygen atoms in total. The summed E-state index contributed by atoms with van der Waals surface area (Å²) in [4.78, 5) is 17.4. The minimum Gasteiger partial charge on any atom is -0.337 e. The van der Waals surface area contributed by atoms with Crippen LogP contribution in [0.5, 0.6) is 0 Å². The topological polar surface area (TPSA) is 73.0 Å². The highest BCUT2D eigenvalue weighted by Gasteiger charge is 2.32. The maximum Gasteiger partial charge on any atom is 0.253 e. The van der Waals surface area contributed by atoms with Gasteiger partial charge < -0.3 is 10.2 Å². The van der Waals surface area contributed by atoms with Crippen LogP contribution in [0.25, 0.3) is 0 Å². The molecular formula is C19H28N4O3S. The Morgan fingerprint density at radius 2 is 1.93 bits per heavy atom. The number of nitrogens with one attached hydrogen (secondary N) is 1. The van der Waals surface area contributed by atoms with Gasteiger partial charge in [-0.25, -0.2) is 8.42 Å². The lowest BCUT2D eigenvalue weighted by atomic mass is 10.0. The molecule has 3 heterocycles. The number of piperazine rings is 1. The van der Waals surface area contributed by atoms with Crippen molar-refractivity contribution in [1.29, 1.82) is 0 Å². The van der Waals surface area contributed by atoms with Gasteiger partial charge in [0.25, 0.3) is 5.91 Å². The van der Waals surface area contributed by atoms with E-state index in [2.05, 4.69) is 10.2 Å². The summed E-state index contributed by atoms with van der Waals surface area (Å²) < 4.78 is 25.5. The number of anilines is 1.